The Balaban J connectivity index is 2.61. The molecule has 0 aliphatic carbocycles. The van der Waals surface area contributed by atoms with Crippen molar-refractivity contribution in [3.8, 4) is 0 Å². The first-order chi connectivity index (χ1) is 9.08. The smallest absolute Gasteiger partial charge is 0.313 e. The van der Waals surface area contributed by atoms with Crippen molar-refractivity contribution in [1.82, 2.24) is 5.32 Å². The van der Waals surface area contributed by atoms with Crippen LogP contribution in [0.4, 0.5) is 5.69 Å². The van der Waals surface area contributed by atoms with Crippen molar-refractivity contribution in [2.75, 3.05) is 25.3 Å². The maximum atomic E-state index is 11.7. The molecule has 0 heterocycles. The van der Waals surface area contributed by atoms with Gasteiger partial charge in [-0.05, 0) is 25.3 Å². The van der Waals surface area contributed by atoms with Gasteiger partial charge in [-0.15, -0.1) is 11.8 Å². The minimum Gasteiger partial charge on any atom is -0.383 e. The molecule has 2 amide bonds. The number of anilines is 1. The normalized spacial score (nSPS) is 11.7. The number of para-hydroxylation sites is 1. The Labute approximate surface area is 117 Å². The van der Waals surface area contributed by atoms with Crippen LogP contribution in [0.3, 0.4) is 0 Å². The van der Waals surface area contributed by atoms with Gasteiger partial charge in [0.05, 0.1) is 12.3 Å². The highest BCUT2D eigenvalue weighted by molar-refractivity contribution is 7.98. The zero-order valence-electron chi connectivity index (χ0n) is 11.2. The van der Waals surface area contributed by atoms with E-state index in [1.54, 1.807) is 19.1 Å². The van der Waals surface area contributed by atoms with Gasteiger partial charge < -0.3 is 15.4 Å². The van der Waals surface area contributed by atoms with Crippen LogP contribution < -0.4 is 10.6 Å². The lowest BCUT2D eigenvalue weighted by Crippen LogP contribution is -2.42. The van der Waals surface area contributed by atoms with E-state index in [1.165, 1.54) is 18.9 Å². The van der Waals surface area contributed by atoms with Crippen LogP contribution in [0.15, 0.2) is 29.2 Å². The number of carbonyl (C=O) groups excluding carboxylic acids is 2. The van der Waals surface area contributed by atoms with Crippen LogP contribution in [-0.4, -0.2) is 37.8 Å². The standard InChI is InChI=1S/C13H18N2O3S/c1-9(8-18-2)14-12(16)13(17)15-10-6-4-5-7-11(10)19-3/h4-7,9H,8H2,1-3H3,(H,14,16)(H,15,17)/t9-/m1/s1. The number of hydrogen-bond donors (Lipinski definition) is 2. The van der Waals surface area contributed by atoms with E-state index in [-0.39, 0.29) is 6.04 Å². The van der Waals surface area contributed by atoms with Gasteiger partial charge in [-0.25, -0.2) is 0 Å². The Morgan fingerprint density at radius 2 is 2.00 bits per heavy atom. The van der Waals surface area contributed by atoms with Gasteiger partial charge >= 0.3 is 11.8 Å². The summed E-state index contributed by atoms with van der Waals surface area (Å²) in [6.45, 7) is 2.13. The topological polar surface area (TPSA) is 67.4 Å². The number of amides is 2. The zero-order valence-corrected chi connectivity index (χ0v) is 12.0. The molecular weight excluding hydrogens is 264 g/mol. The summed E-state index contributed by atoms with van der Waals surface area (Å²) in [5, 5.41) is 5.15. The second-order valence-corrected chi connectivity index (χ2v) is 4.83. The second-order valence-electron chi connectivity index (χ2n) is 3.98. The van der Waals surface area contributed by atoms with Crippen LogP contribution in [0.2, 0.25) is 0 Å². The first-order valence-corrected chi connectivity index (χ1v) is 7.04. The largest absolute Gasteiger partial charge is 0.383 e. The third-order valence-corrected chi connectivity index (χ3v) is 3.15. The molecular formula is C13H18N2O3S. The van der Waals surface area contributed by atoms with E-state index in [0.29, 0.717) is 12.3 Å². The Bertz CT molecular complexity index is 451. The summed E-state index contributed by atoms with van der Waals surface area (Å²) in [5.41, 5.74) is 0.634. The van der Waals surface area contributed by atoms with E-state index in [0.717, 1.165) is 4.90 Å². The van der Waals surface area contributed by atoms with Gasteiger partial charge in [-0.1, -0.05) is 12.1 Å². The summed E-state index contributed by atoms with van der Waals surface area (Å²) >= 11 is 1.50. The highest BCUT2D eigenvalue weighted by Gasteiger charge is 2.17. The molecule has 104 valence electrons. The summed E-state index contributed by atoms with van der Waals surface area (Å²) in [6, 6.07) is 7.11. The quantitative estimate of drug-likeness (QED) is 0.634. The molecule has 6 heteroatoms. The lowest BCUT2D eigenvalue weighted by Gasteiger charge is -2.13. The number of methoxy groups -OCH3 is 1. The van der Waals surface area contributed by atoms with Crippen LogP contribution in [0.1, 0.15) is 6.92 Å². The molecule has 0 aromatic heterocycles. The predicted molar refractivity (Wildman–Crippen MR) is 76.3 cm³/mol. The van der Waals surface area contributed by atoms with E-state index < -0.39 is 11.8 Å². The molecule has 1 aromatic rings. The Morgan fingerprint density at radius 1 is 1.32 bits per heavy atom. The van der Waals surface area contributed by atoms with Crippen LogP contribution in [0, 0.1) is 0 Å². The Morgan fingerprint density at radius 3 is 2.63 bits per heavy atom. The summed E-state index contributed by atoms with van der Waals surface area (Å²) in [4.78, 5) is 24.3. The van der Waals surface area contributed by atoms with Crippen molar-refractivity contribution in [1.29, 1.82) is 0 Å². The van der Waals surface area contributed by atoms with E-state index >= 15 is 0 Å². The SMILES string of the molecule is COC[C@@H](C)NC(=O)C(=O)Nc1ccccc1SC. The molecule has 0 saturated heterocycles. The molecule has 19 heavy (non-hydrogen) atoms. The summed E-state index contributed by atoms with van der Waals surface area (Å²) in [6.07, 6.45) is 1.91. The molecule has 0 spiro atoms. The van der Waals surface area contributed by atoms with Crippen LogP contribution in [0.5, 0.6) is 0 Å². The van der Waals surface area contributed by atoms with E-state index in [4.69, 9.17) is 4.74 Å². The highest BCUT2D eigenvalue weighted by Crippen LogP contribution is 2.24. The predicted octanol–water partition coefficient (Wildman–Crippen LogP) is 1.50. The molecule has 1 aromatic carbocycles. The first-order valence-electron chi connectivity index (χ1n) is 5.82. The number of benzene rings is 1. The van der Waals surface area contributed by atoms with Crippen LogP contribution in [-0.2, 0) is 14.3 Å². The van der Waals surface area contributed by atoms with E-state index in [1.807, 2.05) is 18.4 Å². The maximum Gasteiger partial charge on any atom is 0.313 e. The van der Waals surface area contributed by atoms with Gasteiger partial charge in [-0.2, -0.15) is 0 Å². The number of rotatable bonds is 5. The molecule has 0 saturated carbocycles. The number of ether oxygens (including phenoxy) is 1. The lowest BCUT2D eigenvalue weighted by molar-refractivity contribution is -0.136. The molecule has 0 bridgehead atoms. The lowest BCUT2D eigenvalue weighted by atomic mass is 10.3. The second kappa shape index (κ2) is 7.81. The maximum absolute atomic E-state index is 11.7. The fraction of sp³-hybridized carbons (Fsp3) is 0.385. The van der Waals surface area contributed by atoms with Crippen LogP contribution in [0.25, 0.3) is 0 Å². The van der Waals surface area contributed by atoms with Crippen molar-refractivity contribution in [2.24, 2.45) is 0 Å². The van der Waals surface area contributed by atoms with E-state index in [2.05, 4.69) is 10.6 Å². The molecule has 1 rings (SSSR count). The van der Waals surface area contributed by atoms with Crippen molar-refractivity contribution in [2.45, 2.75) is 17.9 Å². The van der Waals surface area contributed by atoms with Crippen LogP contribution >= 0.6 is 11.8 Å². The zero-order chi connectivity index (χ0) is 14.3. The Hall–Kier alpha value is -1.53. The molecule has 0 aliphatic heterocycles. The molecule has 0 radical (unpaired) electrons. The molecule has 0 unspecified atom stereocenters. The molecule has 5 nitrogen and oxygen atoms in total. The first kappa shape index (κ1) is 15.5. The fourth-order valence-electron chi connectivity index (χ4n) is 1.51. The fourth-order valence-corrected chi connectivity index (χ4v) is 2.06. The van der Waals surface area contributed by atoms with E-state index in [9.17, 15) is 9.59 Å². The average molecular weight is 282 g/mol. The van der Waals surface area contributed by atoms with Crippen molar-refractivity contribution in [3.05, 3.63) is 24.3 Å². The van der Waals surface area contributed by atoms with Gasteiger partial charge in [-0.3, -0.25) is 9.59 Å². The van der Waals surface area contributed by atoms with Crippen molar-refractivity contribution < 1.29 is 14.3 Å². The minimum atomic E-state index is -0.676. The minimum absolute atomic E-state index is 0.209. The molecule has 2 N–H and O–H groups in total. The Kier molecular flexibility index (Phi) is 6.38. The molecule has 1 atom stereocenters. The van der Waals surface area contributed by atoms with Crippen molar-refractivity contribution >= 4 is 29.3 Å². The molecule has 0 fully saturated rings. The van der Waals surface area contributed by atoms with Gasteiger partial charge in [0, 0.05) is 18.0 Å². The summed E-state index contributed by atoms with van der Waals surface area (Å²) in [7, 11) is 1.54. The number of hydrogen-bond acceptors (Lipinski definition) is 4. The monoisotopic (exact) mass is 282 g/mol. The summed E-state index contributed by atoms with van der Waals surface area (Å²) in [5.74, 6) is -1.34. The average Bonchev–Trinajstić information content (AvgIpc) is 2.39. The third kappa shape index (κ3) is 4.92. The number of nitrogens with one attached hydrogen (secondary N) is 2. The van der Waals surface area contributed by atoms with Gasteiger partial charge in [0.1, 0.15) is 0 Å². The van der Waals surface area contributed by atoms with Gasteiger partial charge in [0.25, 0.3) is 0 Å². The van der Waals surface area contributed by atoms with Crippen molar-refractivity contribution in [3.63, 3.8) is 0 Å². The summed E-state index contributed by atoms with van der Waals surface area (Å²) < 4.78 is 4.89. The van der Waals surface area contributed by atoms with Gasteiger partial charge in [0.2, 0.25) is 0 Å². The highest BCUT2D eigenvalue weighted by atomic mass is 32.2. The third-order valence-electron chi connectivity index (χ3n) is 2.36. The van der Waals surface area contributed by atoms with Gasteiger partial charge in [0.15, 0.2) is 0 Å². The number of carbonyl (C=O) groups is 2. The number of thioether (sulfide) groups is 1. The molecule has 0 aliphatic rings.